The summed E-state index contributed by atoms with van der Waals surface area (Å²) in [5, 5.41) is 11.1. The van der Waals surface area contributed by atoms with Gasteiger partial charge in [-0.25, -0.2) is 4.98 Å². The zero-order chi connectivity index (χ0) is 15.3. The number of aromatic nitrogens is 2. The first-order valence-electron chi connectivity index (χ1n) is 8.13. The van der Waals surface area contributed by atoms with Gasteiger partial charge in [0.05, 0.1) is 23.7 Å². The monoisotopic (exact) mass is 297 g/mol. The molecule has 3 atom stereocenters. The molecule has 2 aliphatic heterocycles. The second-order valence-electron chi connectivity index (χ2n) is 7.05. The molecule has 0 spiro atoms. The van der Waals surface area contributed by atoms with Crippen molar-refractivity contribution >= 4 is 0 Å². The third-order valence-electron chi connectivity index (χ3n) is 5.42. The molecule has 116 valence electrons. The van der Waals surface area contributed by atoms with Crippen LogP contribution in [0.15, 0.2) is 42.0 Å². The minimum Gasteiger partial charge on any atom is -0.387 e. The average Bonchev–Trinajstić information content (AvgIpc) is 3.06. The number of rotatable bonds is 2. The number of aliphatic hydroxyl groups is 1. The van der Waals surface area contributed by atoms with Crippen LogP contribution in [-0.4, -0.2) is 31.6 Å². The van der Waals surface area contributed by atoms with Crippen molar-refractivity contribution < 1.29 is 5.11 Å². The summed E-state index contributed by atoms with van der Waals surface area (Å²) in [4.78, 5) is 9.86. The molecule has 1 aromatic heterocycles. The highest BCUT2D eigenvalue weighted by Gasteiger charge is 2.42. The van der Waals surface area contributed by atoms with E-state index >= 15 is 0 Å². The predicted octanol–water partition coefficient (Wildman–Crippen LogP) is 2.70. The third-order valence-corrected chi connectivity index (χ3v) is 5.42. The number of aromatic amines is 1. The highest BCUT2D eigenvalue weighted by atomic mass is 16.3. The Hall–Kier alpha value is -1.81. The molecule has 4 nitrogen and oxygen atoms in total. The fourth-order valence-electron chi connectivity index (χ4n) is 4.30. The van der Waals surface area contributed by atoms with E-state index in [1.165, 1.54) is 17.0 Å². The molecule has 3 aliphatic rings. The Morgan fingerprint density at radius 2 is 2.32 bits per heavy atom. The molecule has 0 bridgehead atoms. The third kappa shape index (κ3) is 1.97. The zero-order valence-corrected chi connectivity index (χ0v) is 13.2. The minimum atomic E-state index is -0.408. The van der Waals surface area contributed by atoms with Crippen molar-refractivity contribution in [3.8, 4) is 0 Å². The van der Waals surface area contributed by atoms with Gasteiger partial charge in [0.2, 0.25) is 0 Å². The maximum Gasteiger partial charge on any atom is 0.0971 e. The number of nitrogens with zero attached hydrogens (tertiary/aromatic N) is 2. The van der Waals surface area contributed by atoms with Gasteiger partial charge >= 0.3 is 0 Å². The van der Waals surface area contributed by atoms with Crippen LogP contribution in [0.5, 0.6) is 0 Å². The fraction of sp³-hybridized carbons (Fsp3) is 0.500. The van der Waals surface area contributed by atoms with Crippen LogP contribution in [0, 0.1) is 5.92 Å². The normalized spacial score (nSPS) is 31.4. The number of allylic oxidation sites excluding steroid dienone is 2. The van der Waals surface area contributed by atoms with Gasteiger partial charge in [0.15, 0.2) is 0 Å². The lowest BCUT2D eigenvalue weighted by Gasteiger charge is -2.39. The van der Waals surface area contributed by atoms with Crippen molar-refractivity contribution in [2.45, 2.75) is 51.2 Å². The van der Waals surface area contributed by atoms with Crippen molar-refractivity contribution in [2.75, 3.05) is 0 Å². The molecule has 0 saturated heterocycles. The number of hydrogen-bond acceptors (Lipinski definition) is 3. The molecule has 4 rings (SSSR count). The Bertz CT molecular complexity index is 684. The number of fused-ring (bicyclic) bond motifs is 2. The molecule has 0 amide bonds. The molecule has 3 heterocycles. The van der Waals surface area contributed by atoms with Crippen molar-refractivity contribution in [2.24, 2.45) is 5.92 Å². The maximum absolute atomic E-state index is 11.1. The highest BCUT2D eigenvalue weighted by Crippen LogP contribution is 2.43. The number of aliphatic hydroxyl groups excluding tert-OH is 1. The van der Waals surface area contributed by atoms with E-state index in [2.05, 4.69) is 53.1 Å². The van der Waals surface area contributed by atoms with Crippen LogP contribution < -0.4 is 0 Å². The Morgan fingerprint density at radius 1 is 1.45 bits per heavy atom. The Balaban J connectivity index is 1.61. The van der Waals surface area contributed by atoms with E-state index in [0.29, 0.717) is 0 Å². The van der Waals surface area contributed by atoms with E-state index in [1.54, 1.807) is 6.33 Å². The van der Waals surface area contributed by atoms with Crippen molar-refractivity contribution in [3.05, 3.63) is 53.4 Å². The van der Waals surface area contributed by atoms with Crippen LogP contribution in [0.25, 0.3) is 0 Å². The summed E-state index contributed by atoms with van der Waals surface area (Å²) in [6, 6.07) is 0. The van der Waals surface area contributed by atoms with Gasteiger partial charge in [-0.1, -0.05) is 12.2 Å². The van der Waals surface area contributed by atoms with Crippen LogP contribution >= 0.6 is 0 Å². The number of H-pyrrole nitrogens is 1. The number of aryl methyl sites for hydroxylation is 1. The molecular formula is C18H23N3O. The summed E-state index contributed by atoms with van der Waals surface area (Å²) < 4.78 is 0. The van der Waals surface area contributed by atoms with Crippen molar-refractivity contribution in [3.63, 3.8) is 0 Å². The number of imidazole rings is 1. The van der Waals surface area contributed by atoms with Crippen LogP contribution in [0.3, 0.4) is 0 Å². The lowest BCUT2D eigenvalue weighted by Crippen LogP contribution is -2.42. The second-order valence-corrected chi connectivity index (χ2v) is 7.05. The van der Waals surface area contributed by atoms with Crippen molar-refractivity contribution in [1.82, 2.24) is 14.9 Å². The molecule has 4 heteroatoms. The summed E-state index contributed by atoms with van der Waals surface area (Å²) in [5.74, 6) is 0.263. The zero-order valence-electron chi connectivity index (χ0n) is 13.2. The van der Waals surface area contributed by atoms with E-state index in [0.717, 1.165) is 31.4 Å². The van der Waals surface area contributed by atoms with Gasteiger partial charge in [0, 0.05) is 17.6 Å². The highest BCUT2D eigenvalue weighted by molar-refractivity contribution is 5.37. The lowest BCUT2D eigenvalue weighted by molar-refractivity contribution is 0.0982. The molecule has 0 fully saturated rings. The van der Waals surface area contributed by atoms with E-state index in [1.807, 2.05) is 0 Å². The standard InChI is InChI=1S/C18H23N3O/c1-12-10-18(2)7-3-4-8-21(18)16(12)17(22)13-5-6-14-15(9-13)20-11-19-14/h3-4,7-8,11,13,17,22H,5-6,9-10H2,1-2H3,(H,19,20). The Kier molecular flexibility index (Phi) is 3.05. The van der Waals surface area contributed by atoms with Gasteiger partial charge in [-0.3, -0.25) is 0 Å². The first-order chi connectivity index (χ1) is 10.6. The van der Waals surface area contributed by atoms with E-state index in [4.69, 9.17) is 0 Å². The molecule has 0 radical (unpaired) electrons. The van der Waals surface area contributed by atoms with Gasteiger partial charge in [0.1, 0.15) is 0 Å². The largest absolute Gasteiger partial charge is 0.387 e. The van der Waals surface area contributed by atoms with E-state index < -0.39 is 6.10 Å². The first-order valence-corrected chi connectivity index (χ1v) is 8.13. The molecule has 1 aliphatic carbocycles. The van der Waals surface area contributed by atoms with Gasteiger partial charge in [0.25, 0.3) is 0 Å². The molecule has 3 unspecified atom stereocenters. The van der Waals surface area contributed by atoms with Crippen LogP contribution in [0.2, 0.25) is 0 Å². The maximum atomic E-state index is 11.1. The second kappa shape index (κ2) is 4.85. The van der Waals surface area contributed by atoms with Gasteiger partial charge < -0.3 is 15.0 Å². The average molecular weight is 297 g/mol. The molecular weight excluding hydrogens is 274 g/mol. The SMILES string of the molecule is CC1=C(C(O)C2CCc3nc[nH]c3C2)N2C=CC=CC2(C)C1. The fourth-order valence-corrected chi connectivity index (χ4v) is 4.30. The Labute approximate surface area is 131 Å². The minimum absolute atomic E-state index is 0.0110. The molecule has 1 aromatic rings. The lowest BCUT2D eigenvalue weighted by atomic mass is 9.84. The number of nitrogens with one attached hydrogen (secondary N) is 1. The predicted molar refractivity (Wildman–Crippen MR) is 86.0 cm³/mol. The quantitative estimate of drug-likeness (QED) is 0.882. The molecule has 2 N–H and O–H groups in total. The van der Waals surface area contributed by atoms with Crippen molar-refractivity contribution in [1.29, 1.82) is 0 Å². The van der Waals surface area contributed by atoms with Gasteiger partial charge in [-0.05, 0) is 57.1 Å². The number of hydrogen-bond donors (Lipinski definition) is 2. The van der Waals surface area contributed by atoms with Gasteiger partial charge in [-0.2, -0.15) is 0 Å². The summed E-state index contributed by atoms with van der Waals surface area (Å²) in [5.41, 5.74) is 4.77. The molecule has 0 aromatic carbocycles. The molecule has 0 saturated carbocycles. The summed E-state index contributed by atoms with van der Waals surface area (Å²) >= 11 is 0. The summed E-state index contributed by atoms with van der Waals surface area (Å²) in [7, 11) is 0. The molecule has 22 heavy (non-hydrogen) atoms. The topological polar surface area (TPSA) is 52.2 Å². The van der Waals surface area contributed by atoms with Crippen LogP contribution in [-0.2, 0) is 12.8 Å². The van der Waals surface area contributed by atoms with E-state index in [9.17, 15) is 5.11 Å². The van der Waals surface area contributed by atoms with Crippen LogP contribution in [0.4, 0.5) is 0 Å². The van der Waals surface area contributed by atoms with E-state index in [-0.39, 0.29) is 11.5 Å². The van der Waals surface area contributed by atoms with Gasteiger partial charge in [-0.15, -0.1) is 0 Å². The smallest absolute Gasteiger partial charge is 0.0971 e. The van der Waals surface area contributed by atoms with Crippen LogP contribution in [0.1, 0.15) is 38.1 Å². The Morgan fingerprint density at radius 3 is 3.18 bits per heavy atom. The summed E-state index contributed by atoms with van der Waals surface area (Å²) in [6.07, 6.45) is 13.7. The summed E-state index contributed by atoms with van der Waals surface area (Å²) in [6.45, 7) is 4.40. The first kappa shape index (κ1) is 13.8.